The maximum Gasteiger partial charge on any atom is 0.220 e. The fourth-order valence-electron chi connectivity index (χ4n) is 3.00. The second-order valence-corrected chi connectivity index (χ2v) is 6.04. The molecule has 0 radical (unpaired) electrons. The molecule has 2 atom stereocenters. The molecule has 0 saturated carbocycles. The van der Waals surface area contributed by atoms with Crippen LogP contribution in [0.25, 0.3) is 0 Å². The number of hydrogen-bond acceptors (Lipinski definition) is 3. The zero-order chi connectivity index (χ0) is 17.8. The molecule has 1 amide bonds. The molecular weight excluding hydrogens is 328 g/mol. The molecule has 1 aliphatic rings. The van der Waals surface area contributed by atoms with E-state index in [-0.39, 0.29) is 24.7 Å². The zero-order valence-electron chi connectivity index (χ0n) is 13.5. The molecule has 0 unspecified atom stereocenters. The highest BCUT2D eigenvalue weighted by Gasteiger charge is 2.31. The quantitative estimate of drug-likeness (QED) is 0.790. The molecule has 3 rings (SSSR count). The number of amides is 1. The molecule has 1 aliphatic carbocycles. The first kappa shape index (κ1) is 17.4. The third-order valence-electron chi connectivity index (χ3n) is 4.22. The predicted molar refractivity (Wildman–Crippen MR) is 88.1 cm³/mol. The number of halogens is 2. The van der Waals surface area contributed by atoms with Gasteiger partial charge in [0.15, 0.2) is 11.6 Å². The van der Waals surface area contributed by atoms with Crippen molar-refractivity contribution in [3.63, 3.8) is 0 Å². The van der Waals surface area contributed by atoms with Crippen LogP contribution in [0.2, 0.25) is 0 Å². The van der Waals surface area contributed by atoms with Crippen LogP contribution in [0.15, 0.2) is 42.5 Å². The average Bonchev–Trinajstić information content (AvgIpc) is 2.89. The minimum Gasteiger partial charge on any atom is -0.491 e. The minimum atomic E-state index is -0.768. The van der Waals surface area contributed by atoms with Crippen LogP contribution < -0.4 is 10.1 Å². The van der Waals surface area contributed by atoms with E-state index in [1.54, 1.807) is 0 Å². The summed E-state index contributed by atoms with van der Waals surface area (Å²) < 4.78 is 31.4. The van der Waals surface area contributed by atoms with E-state index in [9.17, 15) is 18.7 Å². The average molecular weight is 347 g/mol. The molecule has 25 heavy (non-hydrogen) atoms. The summed E-state index contributed by atoms with van der Waals surface area (Å²) in [6.07, 6.45) is 0.459. The Balaban J connectivity index is 1.46. The molecule has 132 valence electrons. The molecule has 6 heteroatoms. The molecule has 0 bridgehead atoms. The number of benzene rings is 2. The second-order valence-electron chi connectivity index (χ2n) is 6.04. The van der Waals surface area contributed by atoms with Gasteiger partial charge in [-0.05, 0) is 29.7 Å². The SMILES string of the molecule is O=C(CCCOc1ccc(F)cc1F)N[C@H]1c2ccccc2C[C@H]1O. The Morgan fingerprint density at radius 2 is 2.04 bits per heavy atom. The van der Waals surface area contributed by atoms with Crippen molar-refractivity contribution in [1.82, 2.24) is 5.32 Å². The standard InChI is InChI=1S/C19H19F2NO3/c20-13-7-8-17(15(21)11-13)25-9-3-6-18(24)22-19-14-5-2-1-4-12(14)10-16(19)23/h1-2,4-5,7-8,11,16,19,23H,3,6,9-10H2,(H,22,24)/t16-,19+/m1/s1. The summed E-state index contributed by atoms with van der Waals surface area (Å²) in [6.45, 7) is 0.139. The first-order valence-electron chi connectivity index (χ1n) is 8.17. The van der Waals surface area contributed by atoms with E-state index in [2.05, 4.69) is 5.32 Å². The maximum absolute atomic E-state index is 13.4. The number of fused-ring (bicyclic) bond motifs is 1. The predicted octanol–water partition coefficient (Wildman–Crippen LogP) is 2.90. The highest BCUT2D eigenvalue weighted by atomic mass is 19.1. The number of ether oxygens (including phenoxy) is 1. The normalized spacial score (nSPS) is 18.7. The number of carbonyl (C=O) groups excluding carboxylic acids is 1. The van der Waals surface area contributed by atoms with E-state index < -0.39 is 23.8 Å². The van der Waals surface area contributed by atoms with Gasteiger partial charge in [0.1, 0.15) is 5.82 Å². The summed E-state index contributed by atoms with van der Waals surface area (Å²) in [5.74, 6) is -1.68. The highest BCUT2D eigenvalue weighted by molar-refractivity contribution is 5.76. The van der Waals surface area contributed by atoms with E-state index in [0.717, 1.165) is 23.3 Å². The van der Waals surface area contributed by atoms with Gasteiger partial charge in [-0.1, -0.05) is 24.3 Å². The van der Waals surface area contributed by atoms with Crippen LogP contribution in [0.5, 0.6) is 5.75 Å². The third kappa shape index (κ3) is 4.14. The number of aliphatic hydroxyl groups is 1. The van der Waals surface area contributed by atoms with E-state index in [0.29, 0.717) is 12.8 Å². The van der Waals surface area contributed by atoms with Gasteiger partial charge >= 0.3 is 0 Å². The van der Waals surface area contributed by atoms with Crippen LogP contribution in [0.3, 0.4) is 0 Å². The van der Waals surface area contributed by atoms with Crippen LogP contribution in [0.1, 0.15) is 30.0 Å². The van der Waals surface area contributed by atoms with E-state index >= 15 is 0 Å². The lowest BCUT2D eigenvalue weighted by Gasteiger charge is -2.18. The fraction of sp³-hybridized carbons (Fsp3) is 0.316. The van der Waals surface area contributed by atoms with Crippen LogP contribution >= 0.6 is 0 Å². The number of aliphatic hydroxyl groups excluding tert-OH is 1. The molecule has 0 heterocycles. The summed E-state index contributed by atoms with van der Waals surface area (Å²) in [6, 6.07) is 10.3. The monoisotopic (exact) mass is 347 g/mol. The molecule has 4 nitrogen and oxygen atoms in total. The van der Waals surface area contributed by atoms with Crippen molar-refractivity contribution >= 4 is 5.91 Å². The lowest BCUT2D eigenvalue weighted by atomic mass is 10.1. The maximum atomic E-state index is 13.4. The molecule has 2 aromatic carbocycles. The summed E-state index contributed by atoms with van der Waals surface area (Å²) in [4.78, 5) is 12.1. The first-order chi connectivity index (χ1) is 12.0. The molecule has 0 aromatic heterocycles. The Hall–Kier alpha value is -2.47. The van der Waals surface area contributed by atoms with Crippen LogP contribution in [0.4, 0.5) is 8.78 Å². The van der Waals surface area contributed by atoms with E-state index in [1.165, 1.54) is 6.07 Å². The summed E-state index contributed by atoms with van der Waals surface area (Å²) in [5, 5.41) is 13.0. The van der Waals surface area contributed by atoms with Crippen molar-refractivity contribution in [2.45, 2.75) is 31.4 Å². The van der Waals surface area contributed by atoms with Crippen molar-refractivity contribution in [2.24, 2.45) is 0 Å². The summed E-state index contributed by atoms with van der Waals surface area (Å²) in [7, 11) is 0. The molecule has 2 N–H and O–H groups in total. The molecule has 0 aliphatic heterocycles. The van der Waals surface area contributed by atoms with Crippen molar-refractivity contribution < 1.29 is 23.4 Å². The second kappa shape index (κ2) is 7.61. The Morgan fingerprint density at radius 3 is 2.84 bits per heavy atom. The largest absolute Gasteiger partial charge is 0.491 e. The smallest absolute Gasteiger partial charge is 0.220 e. The summed E-state index contributed by atoms with van der Waals surface area (Å²) in [5.41, 5.74) is 1.98. The van der Waals surface area contributed by atoms with Gasteiger partial charge in [-0.25, -0.2) is 8.78 Å². The van der Waals surface area contributed by atoms with Gasteiger partial charge in [-0.3, -0.25) is 4.79 Å². The number of rotatable bonds is 6. The Labute approximate surface area is 144 Å². The minimum absolute atomic E-state index is 0.0399. The number of hydrogen-bond donors (Lipinski definition) is 2. The van der Waals surface area contributed by atoms with Gasteiger partial charge < -0.3 is 15.2 Å². The highest BCUT2D eigenvalue weighted by Crippen LogP contribution is 2.31. The summed E-state index contributed by atoms with van der Waals surface area (Å²) >= 11 is 0. The van der Waals surface area contributed by atoms with E-state index in [1.807, 2.05) is 24.3 Å². The van der Waals surface area contributed by atoms with Crippen molar-refractivity contribution in [2.75, 3.05) is 6.61 Å². The van der Waals surface area contributed by atoms with Crippen molar-refractivity contribution in [3.05, 3.63) is 65.2 Å². The Bertz CT molecular complexity index is 766. The van der Waals surface area contributed by atoms with Crippen LogP contribution in [-0.2, 0) is 11.2 Å². The Kier molecular flexibility index (Phi) is 5.28. The number of carbonyl (C=O) groups is 1. The topological polar surface area (TPSA) is 58.6 Å². The van der Waals surface area contributed by atoms with Gasteiger partial charge in [-0.2, -0.15) is 0 Å². The molecule has 0 spiro atoms. The molecule has 0 fully saturated rings. The van der Waals surface area contributed by atoms with Gasteiger partial charge in [-0.15, -0.1) is 0 Å². The van der Waals surface area contributed by atoms with Crippen molar-refractivity contribution in [1.29, 1.82) is 0 Å². The lowest BCUT2D eigenvalue weighted by Crippen LogP contribution is -2.33. The van der Waals surface area contributed by atoms with Gasteiger partial charge in [0.2, 0.25) is 5.91 Å². The number of nitrogens with one attached hydrogen (secondary N) is 1. The van der Waals surface area contributed by atoms with Gasteiger partial charge in [0.25, 0.3) is 0 Å². The molecular formula is C19H19F2NO3. The van der Waals surface area contributed by atoms with E-state index in [4.69, 9.17) is 4.74 Å². The first-order valence-corrected chi connectivity index (χ1v) is 8.17. The molecule has 0 saturated heterocycles. The van der Waals surface area contributed by atoms with Crippen LogP contribution in [-0.4, -0.2) is 23.7 Å². The van der Waals surface area contributed by atoms with Crippen molar-refractivity contribution in [3.8, 4) is 5.75 Å². The van der Waals surface area contributed by atoms with Crippen LogP contribution in [0, 0.1) is 11.6 Å². The fourth-order valence-corrected chi connectivity index (χ4v) is 3.00. The Morgan fingerprint density at radius 1 is 1.24 bits per heavy atom. The van der Waals surface area contributed by atoms with Gasteiger partial charge in [0, 0.05) is 18.9 Å². The third-order valence-corrected chi connectivity index (χ3v) is 4.22. The lowest BCUT2D eigenvalue weighted by molar-refractivity contribution is -0.122. The molecule has 2 aromatic rings. The zero-order valence-corrected chi connectivity index (χ0v) is 13.5. The van der Waals surface area contributed by atoms with Gasteiger partial charge in [0.05, 0.1) is 18.8 Å².